The summed E-state index contributed by atoms with van der Waals surface area (Å²) < 4.78 is 6.24. The fraction of sp³-hybridized carbons (Fsp3) is 0.800. The molecule has 0 atom stereocenters. The first-order valence-corrected chi connectivity index (χ1v) is 11.2. The SMILES string of the molecule is O=C(CC1CC1)N1CCc2nc(OC3CCN(C4CCC4)CC3)sc2C1. The number of aromatic nitrogens is 1. The quantitative estimate of drug-likeness (QED) is 0.793. The number of carbonyl (C=O) groups is 1. The molecule has 1 saturated heterocycles. The number of thiazole rings is 1. The Labute approximate surface area is 159 Å². The van der Waals surface area contributed by atoms with Crippen molar-refractivity contribution in [2.24, 2.45) is 5.92 Å². The summed E-state index contributed by atoms with van der Waals surface area (Å²) in [6, 6.07) is 0.849. The summed E-state index contributed by atoms with van der Waals surface area (Å²) >= 11 is 1.67. The van der Waals surface area contributed by atoms with Gasteiger partial charge in [0.25, 0.3) is 5.19 Å². The van der Waals surface area contributed by atoms with E-state index < -0.39 is 0 Å². The van der Waals surface area contributed by atoms with E-state index in [1.807, 2.05) is 4.90 Å². The van der Waals surface area contributed by atoms with Crippen molar-refractivity contribution in [3.05, 3.63) is 10.6 Å². The molecule has 0 N–H and O–H groups in total. The average molecular weight is 376 g/mol. The van der Waals surface area contributed by atoms with Gasteiger partial charge in [0.05, 0.1) is 17.1 Å². The Morgan fingerprint density at radius 3 is 2.62 bits per heavy atom. The van der Waals surface area contributed by atoms with Crippen LogP contribution in [0.3, 0.4) is 0 Å². The highest BCUT2D eigenvalue weighted by molar-refractivity contribution is 7.13. The monoisotopic (exact) mass is 375 g/mol. The number of amides is 1. The number of hydrogen-bond acceptors (Lipinski definition) is 5. The number of ether oxygens (including phenoxy) is 1. The van der Waals surface area contributed by atoms with Gasteiger partial charge in [0.2, 0.25) is 5.91 Å². The summed E-state index contributed by atoms with van der Waals surface area (Å²) in [4.78, 5) is 23.0. The molecular weight excluding hydrogens is 346 g/mol. The second-order valence-corrected chi connectivity index (χ2v) is 9.55. The zero-order valence-corrected chi connectivity index (χ0v) is 16.3. The third-order valence-electron chi connectivity index (χ3n) is 6.56. The van der Waals surface area contributed by atoms with E-state index in [0.29, 0.717) is 17.9 Å². The molecule has 2 saturated carbocycles. The lowest BCUT2D eigenvalue weighted by Crippen LogP contribution is -2.46. The van der Waals surface area contributed by atoms with Gasteiger partial charge in [-0.15, -0.1) is 0 Å². The molecule has 1 amide bonds. The van der Waals surface area contributed by atoms with Crippen LogP contribution in [0.1, 0.15) is 61.9 Å². The van der Waals surface area contributed by atoms with Gasteiger partial charge < -0.3 is 14.5 Å². The predicted octanol–water partition coefficient (Wildman–Crippen LogP) is 3.22. The zero-order chi connectivity index (χ0) is 17.5. The summed E-state index contributed by atoms with van der Waals surface area (Å²) in [5, 5.41) is 0.827. The standard InChI is InChI=1S/C20H29N3O2S/c24-19(12-14-4-5-14)23-11-8-17-18(13-23)26-20(21-17)25-16-6-9-22(10-7-16)15-2-1-3-15/h14-16H,1-13H2. The van der Waals surface area contributed by atoms with Crippen molar-refractivity contribution < 1.29 is 9.53 Å². The minimum Gasteiger partial charge on any atom is -0.467 e. The van der Waals surface area contributed by atoms with Crippen molar-refractivity contribution in [2.45, 2.75) is 76.5 Å². The summed E-state index contributed by atoms with van der Waals surface area (Å²) in [6.45, 7) is 3.90. The van der Waals surface area contributed by atoms with Crippen LogP contribution in [0.15, 0.2) is 0 Å². The Bertz CT molecular complexity index is 660. The number of nitrogens with zero attached hydrogens (tertiary/aromatic N) is 3. The number of hydrogen-bond donors (Lipinski definition) is 0. The van der Waals surface area contributed by atoms with Crippen molar-refractivity contribution in [1.29, 1.82) is 0 Å². The Kier molecular flexibility index (Phi) is 4.65. The lowest BCUT2D eigenvalue weighted by Gasteiger charge is -2.41. The van der Waals surface area contributed by atoms with Crippen LogP contribution in [0.5, 0.6) is 5.19 Å². The van der Waals surface area contributed by atoms with E-state index in [-0.39, 0.29) is 0 Å². The molecule has 0 aromatic carbocycles. The Morgan fingerprint density at radius 2 is 1.92 bits per heavy atom. The third kappa shape index (κ3) is 3.63. The number of fused-ring (bicyclic) bond motifs is 1. The van der Waals surface area contributed by atoms with Gasteiger partial charge in [-0.05, 0) is 44.4 Å². The van der Waals surface area contributed by atoms with Crippen molar-refractivity contribution in [3.63, 3.8) is 0 Å². The first kappa shape index (κ1) is 17.0. The van der Waals surface area contributed by atoms with Gasteiger partial charge in [0, 0.05) is 38.5 Å². The van der Waals surface area contributed by atoms with Crippen LogP contribution in [0.25, 0.3) is 0 Å². The third-order valence-corrected chi connectivity index (χ3v) is 7.53. The first-order valence-electron chi connectivity index (χ1n) is 10.4. The Balaban J connectivity index is 1.15. The topological polar surface area (TPSA) is 45.7 Å². The normalized spacial score (nSPS) is 25.0. The molecule has 1 aromatic heterocycles. The van der Waals surface area contributed by atoms with Crippen molar-refractivity contribution >= 4 is 17.2 Å². The smallest absolute Gasteiger partial charge is 0.273 e. The minimum atomic E-state index is 0.312. The van der Waals surface area contributed by atoms with E-state index in [2.05, 4.69) is 4.90 Å². The molecule has 142 valence electrons. The van der Waals surface area contributed by atoms with Crippen LogP contribution < -0.4 is 4.74 Å². The molecule has 2 aliphatic heterocycles. The van der Waals surface area contributed by atoms with Crippen LogP contribution in [0, 0.1) is 5.92 Å². The lowest BCUT2D eigenvalue weighted by molar-refractivity contribution is -0.132. The maximum absolute atomic E-state index is 12.4. The summed E-state index contributed by atoms with van der Waals surface area (Å²) in [6.07, 6.45) is 10.8. The molecule has 5 nitrogen and oxygen atoms in total. The highest BCUT2D eigenvalue weighted by Gasteiger charge is 2.32. The second kappa shape index (κ2) is 7.12. The van der Waals surface area contributed by atoms with E-state index in [1.165, 1.54) is 50.1 Å². The van der Waals surface area contributed by atoms with Gasteiger partial charge in [-0.25, -0.2) is 4.98 Å². The fourth-order valence-corrected chi connectivity index (χ4v) is 5.42. The summed E-state index contributed by atoms with van der Waals surface area (Å²) in [5.74, 6) is 0.993. The molecule has 6 heteroatoms. The molecule has 3 fully saturated rings. The van der Waals surface area contributed by atoms with Gasteiger partial charge in [0.1, 0.15) is 6.10 Å². The summed E-state index contributed by atoms with van der Waals surface area (Å²) in [7, 11) is 0. The summed E-state index contributed by atoms with van der Waals surface area (Å²) in [5.41, 5.74) is 1.16. The van der Waals surface area contributed by atoms with Crippen molar-refractivity contribution in [1.82, 2.24) is 14.8 Å². The average Bonchev–Trinajstić information content (AvgIpc) is 3.31. The molecular formula is C20H29N3O2S. The molecule has 0 radical (unpaired) electrons. The molecule has 3 heterocycles. The Morgan fingerprint density at radius 1 is 1.12 bits per heavy atom. The second-order valence-electron chi connectivity index (χ2n) is 8.50. The van der Waals surface area contributed by atoms with Crippen LogP contribution in [0.2, 0.25) is 0 Å². The van der Waals surface area contributed by atoms with Crippen LogP contribution in [-0.4, -0.2) is 52.5 Å². The van der Waals surface area contributed by atoms with Gasteiger partial charge in [-0.1, -0.05) is 17.8 Å². The van der Waals surface area contributed by atoms with Crippen LogP contribution >= 0.6 is 11.3 Å². The van der Waals surface area contributed by atoms with Crippen LogP contribution in [0.4, 0.5) is 0 Å². The molecule has 1 aromatic rings. The minimum absolute atomic E-state index is 0.312. The van der Waals surface area contributed by atoms with E-state index >= 15 is 0 Å². The van der Waals surface area contributed by atoms with Gasteiger partial charge in [-0.2, -0.15) is 0 Å². The van der Waals surface area contributed by atoms with Gasteiger partial charge in [0.15, 0.2) is 0 Å². The maximum atomic E-state index is 12.4. The molecule has 2 aliphatic carbocycles. The molecule has 0 unspecified atom stereocenters. The largest absolute Gasteiger partial charge is 0.467 e. The van der Waals surface area contributed by atoms with Crippen LogP contribution in [-0.2, 0) is 17.8 Å². The van der Waals surface area contributed by atoms with E-state index in [0.717, 1.165) is 55.7 Å². The van der Waals surface area contributed by atoms with Gasteiger partial charge in [-0.3, -0.25) is 4.79 Å². The highest BCUT2D eigenvalue weighted by Crippen LogP contribution is 2.35. The molecule has 26 heavy (non-hydrogen) atoms. The van der Waals surface area contributed by atoms with Crippen molar-refractivity contribution in [3.8, 4) is 5.19 Å². The zero-order valence-electron chi connectivity index (χ0n) is 15.5. The van der Waals surface area contributed by atoms with E-state index in [1.54, 1.807) is 11.3 Å². The number of carbonyl (C=O) groups excluding carboxylic acids is 1. The van der Waals surface area contributed by atoms with Gasteiger partial charge >= 0.3 is 0 Å². The number of likely N-dealkylation sites (tertiary alicyclic amines) is 1. The lowest BCUT2D eigenvalue weighted by atomic mass is 9.90. The molecule has 4 aliphatic rings. The van der Waals surface area contributed by atoms with Crippen molar-refractivity contribution in [2.75, 3.05) is 19.6 Å². The van der Waals surface area contributed by atoms with E-state index in [9.17, 15) is 4.79 Å². The first-order chi connectivity index (χ1) is 12.7. The molecule has 0 spiro atoms. The number of piperidine rings is 1. The maximum Gasteiger partial charge on any atom is 0.273 e. The number of rotatable bonds is 5. The Hall–Kier alpha value is -1.14. The highest BCUT2D eigenvalue weighted by atomic mass is 32.1. The molecule has 0 bridgehead atoms. The van der Waals surface area contributed by atoms with E-state index in [4.69, 9.17) is 9.72 Å². The predicted molar refractivity (Wildman–Crippen MR) is 101 cm³/mol. The molecule has 5 rings (SSSR count). The fourth-order valence-electron chi connectivity index (χ4n) is 4.39.